The largest absolute Gasteiger partial charge is 0.451 e. The lowest BCUT2D eigenvalue weighted by Crippen LogP contribution is -2.24. The molecule has 2 amide bonds. The van der Waals surface area contributed by atoms with Gasteiger partial charge < -0.3 is 15.8 Å². The van der Waals surface area contributed by atoms with Crippen LogP contribution in [0.1, 0.15) is 40.1 Å². The Kier molecular flexibility index (Phi) is 5.89. The second kappa shape index (κ2) is 8.10. The van der Waals surface area contributed by atoms with Crippen LogP contribution in [0.5, 0.6) is 0 Å². The Labute approximate surface area is 146 Å². The lowest BCUT2D eigenvalue weighted by molar-refractivity contribution is 0.0319. The molecule has 0 aliphatic heterocycles. The molecule has 0 aliphatic carbocycles. The van der Waals surface area contributed by atoms with E-state index < -0.39 is 18.1 Å². The normalized spacial score (nSPS) is 11.4. The standard InChI is InChI=1S/C19H20N2O4/c1-3-13-4-6-14(7-5-13)17(22)12(2)25-18(23)15-8-10-16(11-9-15)21-19(20)24/h4-12H,3H2,1-2H3,(H3,20,21,24). The van der Waals surface area contributed by atoms with Gasteiger partial charge in [0.2, 0.25) is 5.78 Å². The fraction of sp³-hybridized carbons (Fsp3) is 0.211. The minimum Gasteiger partial charge on any atom is -0.451 e. The number of nitrogens with one attached hydrogen (secondary N) is 1. The molecule has 0 aromatic heterocycles. The van der Waals surface area contributed by atoms with Crippen LogP contribution in [-0.4, -0.2) is 23.9 Å². The number of primary amides is 1. The predicted molar refractivity (Wildman–Crippen MR) is 94.7 cm³/mol. The van der Waals surface area contributed by atoms with E-state index in [2.05, 4.69) is 5.32 Å². The van der Waals surface area contributed by atoms with Gasteiger partial charge in [-0.05, 0) is 43.2 Å². The number of ether oxygens (including phenoxy) is 1. The van der Waals surface area contributed by atoms with Gasteiger partial charge in [0.05, 0.1) is 5.56 Å². The smallest absolute Gasteiger partial charge is 0.338 e. The summed E-state index contributed by atoms with van der Waals surface area (Å²) in [6.45, 7) is 3.57. The summed E-state index contributed by atoms with van der Waals surface area (Å²) in [4.78, 5) is 35.3. The third-order valence-corrected chi connectivity index (χ3v) is 3.69. The molecule has 0 heterocycles. The molecule has 6 heteroatoms. The zero-order valence-electron chi connectivity index (χ0n) is 14.1. The number of aryl methyl sites for hydroxylation is 1. The summed E-state index contributed by atoms with van der Waals surface area (Å²) < 4.78 is 5.23. The maximum absolute atomic E-state index is 12.3. The lowest BCUT2D eigenvalue weighted by atomic mass is 10.0. The van der Waals surface area contributed by atoms with Gasteiger partial charge in [-0.25, -0.2) is 9.59 Å². The van der Waals surface area contributed by atoms with E-state index in [9.17, 15) is 14.4 Å². The maximum atomic E-state index is 12.3. The summed E-state index contributed by atoms with van der Waals surface area (Å²) in [6, 6.07) is 12.6. The van der Waals surface area contributed by atoms with Crippen molar-refractivity contribution in [3.8, 4) is 0 Å². The van der Waals surface area contributed by atoms with E-state index in [1.165, 1.54) is 31.2 Å². The quantitative estimate of drug-likeness (QED) is 0.623. The molecule has 0 aliphatic rings. The summed E-state index contributed by atoms with van der Waals surface area (Å²) in [7, 11) is 0. The second-order valence-electron chi connectivity index (χ2n) is 5.53. The molecule has 0 fully saturated rings. The van der Waals surface area contributed by atoms with Crippen molar-refractivity contribution >= 4 is 23.5 Å². The van der Waals surface area contributed by atoms with E-state index in [1.807, 2.05) is 19.1 Å². The van der Waals surface area contributed by atoms with Crippen molar-refractivity contribution in [1.29, 1.82) is 0 Å². The number of ketones is 1. The van der Waals surface area contributed by atoms with E-state index in [4.69, 9.17) is 10.5 Å². The minimum atomic E-state index is -0.900. The average Bonchev–Trinajstić information content (AvgIpc) is 2.61. The molecule has 2 aromatic rings. The Morgan fingerprint density at radius 2 is 1.56 bits per heavy atom. The molecule has 1 unspecified atom stereocenters. The van der Waals surface area contributed by atoms with Crippen LogP contribution in [0.25, 0.3) is 0 Å². The Balaban J connectivity index is 2.00. The first-order chi connectivity index (χ1) is 11.9. The number of nitrogens with two attached hydrogens (primary N) is 1. The van der Waals surface area contributed by atoms with Gasteiger partial charge in [-0.2, -0.15) is 0 Å². The van der Waals surface area contributed by atoms with Gasteiger partial charge in [-0.1, -0.05) is 31.2 Å². The number of anilines is 1. The predicted octanol–water partition coefficient (Wildman–Crippen LogP) is 3.17. The van der Waals surface area contributed by atoms with Crippen molar-refractivity contribution in [1.82, 2.24) is 0 Å². The third-order valence-electron chi connectivity index (χ3n) is 3.69. The van der Waals surface area contributed by atoms with Gasteiger partial charge in [0.25, 0.3) is 0 Å². The summed E-state index contributed by atoms with van der Waals surface area (Å²) in [6.07, 6.45) is -0.0111. The van der Waals surface area contributed by atoms with E-state index in [1.54, 1.807) is 12.1 Å². The monoisotopic (exact) mass is 340 g/mol. The zero-order valence-corrected chi connectivity index (χ0v) is 14.1. The molecule has 1 atom stereocenters. The van der Waals surface area contributed by atoms with Crippen molar-refractivity contribution < 1.29 is 19.1 Å². The molecule has 0 saturated carbocycles. The highest BCUT2D eigenvalue weighted by Crippen LogP contribution is 2.13. The van der Waals surface area contributed by atoms with E-state index >= 15 is 0 Å². The number of Topliss-reactive ketones (excluding diaryl/α,β-unsaturated/α-hetero) is 1. The van der Waals surface area contributed by atoms with E-state index in [0.717, 1.165) is 12.0 Å². The maximum Gasteiger partial charge on any atom is 0.338 e. The first-order valence-electron chi connectivity index (χ1n) is 7.91. The number of carbonyl (C=O) groups excluding carboxylic acids is 3. The molecule has 6 nitrogen and oxygen atoms in total. The van der Waals surface area contributed by atoms with Crippen LogP contribution in [0.2, 0.25) is 0 Å². The van der Waals surface area contributed by atoms with E-state index in [-0.39, 0.29) is 11.3 Å². The van der Waals surface area contributed by atoms with Gasteiger partial charge >= 0.3 is 12.0 Å². The fourth-order valence-corrected chi connectivity index (χ4v) is 2.25. The summed E-state index contributed by atoms with van der Waals surface area (Å²) >= 11 is 0. The number of rotatable bonds is 6. The topological polar surface area (TPSA) is 98.5 Å². The first kappa shape index (κ1) is 18.2. The molecular formula is C19H20N2O4. The molecule has 0 saturated heterocycles. The van der Waals surface area contributed by atoms with Crippen LogP contribution in [0.15, 0.2) is 48.5 Å². The molecule has 25 heavy (non-hydrogen) atoms. The van der Waals surface area contributed by atoms with Crippen LogP contribution in [-0.2, 0) is 11.2 Å². The lowest BCUT2D eigenvalue weighted by Gasteiger charge is -2.13. The van der Waals surface area contributed by atoms with Crippen LogP contribution in [0.4, 0.5) is 10.5 Å². The van der Waals surface area contributed by atoms with Gasteiger partial charge in [0, 0.05) is 11.3 Å². The van der Waals surface area contributed by atoms with Crippen LogP contribution in [0.3, 0.4) is 0 Å². The average molecular weight is 340 g/mol. The molecule has 0 spiro atoms. The summed E-state index contributed by atoms with van der Waals surface area (Å²) in [5.41, 5.74) is 7.38. The Bertz CT molecular complexity index is 767. The van der Waals surface area contributed by atoms with E-state index in [0.29, 0.717) is 11.3 Å². The molecule has 2 rings (SSSR count). The number of hydrogen-bond acceptors (Lipinski definition) is 4. The van der Waals surface area contributed by atoms with Crippen LogP contribution in [0, 0.1) is 0 Å². The fourth-order valence-electron chi connectivity index (χ4n) is 2.25. The van der Waals surface area contributed by atoms with Crippen LogP contribution >= 0.6 is 0 Å². The van der Waals surface area contributed by atoms with Crippen molar-refractivity contribution in [3.63, 3.8) is 0 Å². The molecule has 0 radical (unpaired) electrons. The second-order valence-corrected chi connectivity index (χ2v) is 5.53. The third kappa shape index (κ3) is 4.91. The number of benzene rings is 2. The summed E-state index contributed by atoms with van der Waals surface area (Å²) in [5.74, 6) is -0.875. The highest BCUT2D eigenvalue weighted by atomic mass is 16.5. The van der Waals surface area contributed by atoms with Crippen molar-refractivity contribution in [2.45, 2.75) is 26.4 Å². The van der Waals surface area contributed by atoms with Crippen LogP contribution < -0.4 is 11.1 Å². The SMILES string of the molecule is CCc1ccc(C(=O)C(C)OC(=O)c2ccc(NC(N)=O)cc2)cc1. The Morgan fingerprint density at radius 1 is 1.00 bits per heavy atom. The number of amides is 2. The van der Waals surface area contributed by atoms with Crippen molar-refractivity contribution in [3.05, 3.63) is 65.2 Å². The van der Waals surface area contributed by atoms with Crippen molar-refractivity contribution in [2.24, 2.45) is 5.73 Å². The highest BCUT2D eigenvalue weighted by Gasteiger charge is 2.20. The minimum absolute atomic E-state index is 0.261. The van der Waals surface area contributed by atoms with Gasteiger partial charge in [0.15, 0.2) is 6.10 Å². The number of urea groups is 1. The molecule has 0 bridgehead atoms. The van der Waals surface area contributed by atoms with Gasteiger partial charge in [0.1, 0.15) is 0 Å². The van der Waals surface area contributed by atoms with Gasteiger partial charge in [-0.15, -0.1) is 0 Å². The highest BCUT2D eigenvalue weighted by molar-refractivity contribution is 6.01. The van der Waals surface area contributed by atoms with Crippen molar-refractivity contribution in [2.75, 3.05) is 5.32 Å². The number of esters is 1. The summed E-state index contributed by atoms with van der Waals surface area (Å²) in [5, 5.41) is 2.39. The zero-order chi connectivity index (χ0) is 18.4. The molecule has 130 valence electrons. The van der Waals surface area contributed by atoms with Gasteiger partial charge in [-0.3, -0.25) is 4.79 Å². The molecule has 2 aromatic carbocycles. The first-order valence-corrected chi connectivity index (χ1v) is 7.91. The Morgan fingerprint density at radius 3 is 2.08 bits per heavy atom. The molecular weight excluding hydrogens is 320 g/mol. The Hall–Kier alpha value is -3.15. The number of hydrogen-bond donors (Lipinski definition) is 2. The molecule has 3 N–H and O–H groups in total. The number of carbonyl (C=O) groups is 3.